The Labute approximate surface area is 219 Å². The zero-order chi connectivity index (χ0) is 28.7. The van der Waals surface area contributed by atoms with E-state index in [1.165, 1.54) is 37.4 Å². The number of nitrogens with one attached hydrogen (secondary N) is 3. The first-order valence-corrected chi connectivity index (χ1v) is 11.8. The molecule has 1 fully saturated rings. The van der Waals surface area contributed by atoms with Crippen molar-refractivity contribution in [2.45, 2.75) is 43.8 Å². The Morgan fingerprint density at radius 2 is 1.85 bits per heavy atom. The number of urea groups is 2. The smallest absolute Gasteiger partial charge is 0.341 e. The zero-order valence-corrected chi connectivity index (χ0v) is 20.7. The second-order valence-corrected chi connectivity index (χ2v) is 9.27. The van der Waals surface area contributed by atoms with Crippen LogP contribution in [0.4, 0.5) is 37.2 Å². The van der Waals surface area contributed by atoms with Crippen LogP contribution in [-0.2, 0) is 21.7 Å². The van der Waals surface area contributed by atoms with E-state index in [9.17, 15) is 36.7 Å². The van der Waals surface area contributed by atoms with Crippen molar-refractivity contribution in [1.82, 2.24) is 20.4 Å². The Kier molecular flexibility index (Phi) is 7.23. The van der Waals surface area contributed by atoms with Gasteiger partial charge < -0.3 is 20.9 Å². The normalized spacial score (nSPS) is 21.0. The third-order valence-electron chi connectivity index (χ3n) is 6.82. The van der Waals surface area contributed by atoms with Crippen molar-refractivity contribution < 1.29 is 41.1 Å². The van der Waals surface area contributed by atoms with Crippen LogP contribution >= 0.6 is 0 Å². The maximum absolute atomic E-state index is 15.1. The van der Waals surface area contributed by atoms with Gasteiger partial charge in [0.1, 0.15) is 30.1 Å². The van der Waals surface area contributed by atoms with E-state index in [4.69, 9.17) is 0 Å². The molecule has 14 heteroatoms. The SMILES string of the molecule is CNC(=O)Nc1ccc2c(c1)[C@H](F)C[C@]21NC(=O)N(CC(=O)N(Cc2ccc(F)cc2)[C@@H](C)C(F)(F)F)C1=O. The van der Waals surface area contributed by atoms with E-state index in [2.05, 4.69) is 16.0 Å². The molecule has 6 amide bonds. The molecule has 0 saturated carbocycles. The molecule has 9 nitrogen and oxygen atoms in total. The molecule has 2 aromatic carbocycles. The van der Waals surface area contributed by atoms with Gasteiger partial charge in [0.05, 0.1) is 0 Å². The first-order valence-electron chi connectivity index (χ1n) is 11.8. The maximum Gasteiger partial charge on any atom is 0.408 e. The Hall–Kier alpha value is -4.23. The van der Waals surface area contributed by atoms with Gasteiger partial charge in [0, 0.05) is 25.7 Å². The van der Waals surface area contributed by atoms with Crippen molar-refractivity contribution in [2.75, 3.05) is 18.9 Å². The molecular formula is C25H24F5N5O4. The Morgan fingerprint density at radius 1 is 1.18 bits per heavy atom. The number of amides is 6. The molecule has 0 radical (unpaired) electrons. The summed E-state index contributed by atoms with van der Waals surface area (Å²) in [7, 11) is 1.38. The van der Waals surface area contributed by atoms with Gasteiger partial charge in [0.2, 0.25) is 5.91 Å². The summed E-state index contributed by atoms with van der Waals surface area (Å²) < 4.78 is 69.1. The van der Waals surface area contributed by atoms with E-state index < -0.39 is 73.1 Å². The molecule has 0 aromatic heterocycles. The summed E-state index contributed by atoms with van der Waals surface area (Å²) in [5.41, 5.74) is -1.29. The number of imide groups is 1. The standard InChI is InChI=1S/C25H24F5N5O4/c1-13(25(28,29)30)34(11-14-3-5-15(26)6-4-14)20(36)12-35-21(37)24(33-23(35)39)10-19(27)17-9-16(7-8-18(17)24)32-22(38)31-2/h3-9,13,19H,10-12H2,1-2H3,(H,33,39)(H2,31,32,38)/t13-,19+,24-/m0/s1. The van der Waals surface area contributed by atoms with Crippen LogP contribution in [-0.4, -0.2) is 59.5 Å². The second-order valence-electron chi connectivity index (χ2n) is 9.27. The Bertz CT molecular complexity index is 1320. The van der Waals surface area contributed by atoms with Crippen molar-refractivity contribution in [3.63, 3.8) is 0 Å². The van der Waals surface area contributed by atoms with Crippen LogP contribution in [0, 0.1) is 5.82 Å². The van der Waals surface area contributed by atoms with Gasteiger partial charge in [-0.1, -0.05) is 18.2 Å². The monoisotopic (exact) mass is 553 g/mol. The van der Waals surface area contributed by atoms with Crippen LogP contribution in [0.15, 0.2) is 42.5 Å². The van der Waals surface area contributed by atoms with Crippen molar-refractivity contribution in [3.8, 4) is 0 Å². The summed E-state index contributed by atoms with van der Waals surface area (Å²) in [6.07, 6.45) is -7.05. The highest BCUT2D eigenvalue weighted by Gasteiger charge is 2.59. The molecule has 0 unspecified atom stereocenters. The zero-order valence-electron chi connectivity index (χ0n) is 20.7. The highest BCUT2D eigenvalue weighted by Crippen LogP contribution is 2.49. The van der Waals surface area contributed by atoms with E-state index in [-0.39, 0.29) is 22.4 Å². The van der Waals surface area contributed by atoms with Crippen molar-refractivity contribution in [3.05, 3.63) is 65.0 Å². The summed E-state index contributed by atoms with van der Waals surface area (Å²) in [5.74, 6) is -2.80. The van der Waals surface area contributed by atoms with Gasteiger partial charge in [-0.2, -0.15) is 13.2 Å². The third-order valence-corrected chi connectivity index (χ3v) is 6.82. The number of hydrogen-bond acceptors (Lipinski definition) is 4. The van der Waals surface area contributed by atoms with Gasteiger partial charge in [-0.05, 0) is 47.9 Å². The average Bonchev–Trinajstić information content (AvgIpc) is 3.29. The Morgan fingerprint density at radius 3 is 2.46 bits per heavy atom. The minimum Gasteiger partial charge on any atom is -0.341 e. The number of halogens is 5. The fraction of sp³-hybridized carbons (Fsp3) is 0.360. The number of alkyl halides is 4. The molecule has 1 aliphatic heterocycles. The molecule has 3 atom stereocenters. The fourth-order valence-electron chi connectivity index (χ4n) is 4.69. The van der Waals surface area contributed by atoms with E-state index in [1.807, 2.05) is 0 Å². The number of carbonyl (C=O) groups is 4. The van der Waals surface area contributed by atoms with Gasteiger partial charge in [-0.25, -0.2) is 18.4 Å². The lowest BCUT2D eigenvalue weighted by molar-refractivity contribution is -0.187. The number of benzene rings is 2. The third kappa shape index (κ3) is 5.22. The van der Waals surface area contributed by atoms with Gasteiger partial charge in [0.15, 0.2) is 0 Å². The number of anilines is 1. The molecule has 1 spiro atoms. The largest absolute Gasteiger partial charge is 0.408 e. The van der Waals surface area contributed by atoms with Crippen LogP contribution in [0.1, 0.15) is 36.2 Å². The minimum atomic E-state index is -4.83. The molecule has 3 N–H and O–H groups in total. The fourth-order valence-corrected chi connectivity index (χ4v) is 4.69. The number of carbonyl (C=O) groups excluding carboxylic acids is 4. The predicted molar refractivity (Wildman–Crippen MR) is 127 cm³/mol. The molecule has 1 saturated heterocycles. The number of fused-ring (bicyclic) bond motifs is 2. The summed E-state index contributed by atoms with van der Waals surface area (Å²) in [6, 6.07) is 4.62. The van der Waals surface area contributed by atoms with Crippen LogP contribution in [0.25, 0.3) is 0 Å². The number of nitrogens with zero attached hydrogens (tertiary/aromatic N) is 2. The van der Waals surface area contributed by atoms with Gasteiger partial charge in [0.25, 0.3) is 5.91 Å². The van der Waals surface area contributed by atoms with Crippen LogP contribution in [0.2, 0.25) is 0 Å². The molecule has 2 aromatic rings. The lowest BCUT2D eigenvalue weighted by Crippen LogP contribution is -2.51. The first kappa shape index (κ1) is 27.8. The van der Waals surface area contributed by atoms with Crippen LogP contribution in [0.3, 0.4) is 0 Å². The van der Waals surface area contributed by atoms with E-state index in [1.54, 1.807) is 0 Å². The number of hydrogen-bond donors (Lipinski definition) is 3. The summed E-state index contributed by atoms with van der Waals surface area (Å²) in [4.78, 5) is 51.8. The molecular weight excluding hydrogens is 529 g/mol. The average molecular weight is 553 g/mol. The molecule has 1 heterocycles. The maximum atomic E-state index is 15.1. The van der Waals surface area contributed by atoms with Crippen molar-refractivity contribution in [2.24, 2.45) is 0 Å². The lowest BCUT2D eigenvalue weighted by Gasteiger charge is -2.32. The molecule has 39 heavy (non-hydrogen) atoms. The quantitative estimate of drug-likeness (QED) is 0.374. The topological polar surface area (TPSA) is 111 Å². The minimum absolute atomic E-state index is 0.0364. The molecule has 1 aliphatic carbocycles. The lowest BCUT2D eigenvalue weighted by atomic mass is 9.91. The molecule has 4 rings (SSSR count). The van der Waals surface area contributed by atoms with Gasteiger partial charge >= 0.3 is 18.2 Å². The highest BCUT2D eigenvalue weighted by atomic mass is 19.4. The first-order chi connectivity index (χ1) is 18.3. The summed E-state index contributed by atoms with van der Waals surface area (Å²) in [6.45, 7) is -0.845. The van der Waals surface area contributed by atoms with E-state index >= 15 is 4.39 Å². The second kappa shape index (κ2) is 10.2. The summed E-state index contributed by atoms with van der Waals surface area (Å²) in [5, 5.41) is 7.22. The molecule has 2 aliphatic rings. The Balaban J connectivity index is 1.59. The van der Waals surface area contributed by atoms with Crippen molar-refractivity contribution in [1.29, 1.82) is 0 Å². The van der Waals surface area contributed by atoms with Crippen LogP contribution < -0.4 is 16.0 Å². The van der Waals surface area contributed by atoms with E-state index in [0.717, 1.165) is 19.1 Å². The highest BCUT2D eigenvalue weighted by molar-refractivity contribution is 6.10. The summed E-state index contributed by atoms with van der Waals surface area (Å²) >= 11 is 0. The molecule has 0 bridgehead atoms. The van der Waals surface area contributed by atoms with Gasteiger partial charge in [-0.15, -0.1) is 0 Å². The van der Waals surface area contributed by atoms with E-state index in [0.29, 0.717) is 9.80 Å². The molecule has 208 valence electrons. The van der Waals surface area contributed by atoms with Gasteiger partial charge in [-0.3, -0.25) is 14.5 Å². The predicted octanol–water partition coefficient (Wildman–Crippen LogP) is 3.72. The number of rotatable bonds is 6. The van der Waals surface area contributed by atoms with Crippen molar-refractivity contribution >= 4 is 29.6 Å². The van der Waals surface area contributed by atoms with Crippen LogP contribution in [0.5, 0.6) is 0 Å².